The van der Waals surface area contributed by atoms with Crippen LogP contribution in [0.4, 0.5) is 10.5 Å². The van der Waals surface area contributed by atoms with Crippen molar-refractivity contribution < 1.29 is 4.79 Å². The van der Waals surface area contributed by atoms with E-state index in [-0.39, 0.29) is 6.03 Å². The molecule has 1 aromatic heterocycles. The van der Waals surface area contributed by atoms with E-state index in [1.54, 1.807) is 24.5 Å². The first-order valence-corrected chi connectivity index (χ1v) is 9.23. The molecule has 1 fully saturated rings. The lowest BCUT2D eigenvalue weighted by atomic mass is 10.1. The highest BCUT2D eigenvalue weighted by Crippen LogP contribution is 2.05. The number of carbonyl (C=O) groups excluding carboxylic acids is 1. The van der Waals surface area contributed by atoms with Gasteiger partial charge < -0.3 is 15.5 Å². The van der Waals surface area contributed by atoms with Crippen LogP contribution in [0.15, 0.2) is 54.9 Å². The number of nitrogens with zero attached hydrogens (tertiary/aromatic N) is 3. The van der Waals surface area contributed by atoms with Crippen molar-refractivity contribution in [1.29, 1.82) is 0 Å². The number of carbonyl (C=O) groups is 1. The summed E-state index contributed by atoms with van der Waals surface area (Å²) in [6.45, 7) is 6.96. The Morgan fingerprint density at radius 1 is 0.923 bits per heavy atom. The fourth-order valence-electron chi connectivity index (χ4n) is 3.11. The Kier molecular flexibility index (Phi) is 6.98. The molecule has 2 aromatic rings. The summed E-state index contributed by atoms with van der Waals surface area (Å²) in [4.78, 5) is 20.7. The molecule has 2 N–H and O–H groups in total. The summed E-state index contributed by atoms with van der Waals surface area (Å²) >= 11 is 0. The van der Waals surface area contributed by atoms with Crippen LogP contribution in [-0.2, 0) is 6.42 Å². The van der Waals surface area contributed by atoms with Gasteiger partial charge in [-0.1, -0.05) is 30.3 Å². The molecule has 1 aromatic carbocycles. The zero-order valence-electron chi connectivity index (χ0n) is 15.1. The fraction of sp³-hybridized carbons (Fsp3) is 0.400. The highest BCUT2D eigenvalue weighted by Gasteiger charge is 2.16. The van der Waals surface area contributed by atoms with Crippen LogP contribution in [0.25, 0.3) is 0 Å². The summed E-state index contributed by atoms with van der Waals surface area (Å²) < 4.78 is 0. The molecule has 1 saturated heterocycles. The maximum atomic E-state index is 11.9. The predicted molar refractivity (Wildman–Crippen MR) is 104 cm³/mol. The Morgan fingerprint density at radius 3 is 2.27 bits per heavy atom. The maximum Gasteiger partial charge on any atom is 0.319 e. The molecule has 0 radical (unpaired) electrons. The number of benzene rings is 1. The number of piperazine rings is 1. The van der Waals surface area contributed by atoms with E-state index in [2.05, 4.69) is 55.7 Å². The standard InChI is InChI=1S/C20H27N5O/c26-20(23-19-6-9-21-10-7-19)22-11-13-25-16-14-24(15-17-25)12-8-18-4-2-1-3-5-18/h1-7,9-10H,8,11-17H2,(H2,21,22,23,26). The van der Waals surface area contributed by atoms with Crippen LogP contribution in [0.2, 0.25) is 0 Å². The number of rotatable bonds is 7. The minimum absolute atomic E-state index is 0.169. The number of hydrogen-bond acceptors (Lipinski definition) is 4. The van der Waals surface area contributed by atoms with Gasteiger partial charge in [0, 0.05) is 63.9 Å². The number of pyridine rings is 1. The molecule has 0 atom stereocenters. The van der Waals surface area contributed by atoms with Crippen LogP contribution in [0, 0.1) is 0 Å². The van der Waals surface area contributed by atoms with Crippen molar-refractivity contribution in [2.45, 2.75) is 6.42 Å². The van der Waals surface area contributed by atoms with Gasteiger partial charge >= 0.3 is 6.03 Å². The van der Waals surface area contributed by atoms with Gasteiger partial charge in [-0.25, -0.2) is 4.79 Å². The van der Waals surface area contributed by atoms with E-state index < -0.39 is 0 Å². The van der Waals surface area contributed by atoms with Gasteiger partial charge in [0.05, 0.1) is 0 Å². The molecule has 2 heterocycles. The van der Waals surface area contributed by atoms with Crippen LogP contribution in [0.3, 0.4) is 0 Å². The number of hydrogen-bond donors (Lipinski definition) is 2. The SMILES string of the molecule is O=C(NCCN1CCN(CCc2ccccc2)CC1)Nc1ccncc1. The third kappa shape index (κ3) is 6.13. The summed E-state index contributed by atoms with van der Waals surface area (Å²) in [6, 6.07) is 14.0. The number of nitrogens with one attached hydrogen (secondary N) is 2. The summed E-state index contributed by atoms with van der Waals surface area (Å²) in [5.74, 6) is 0. The highest BCUT2D eigenvalue weighted by atomic mass is 16.2. The lowest BCUT2D eigenvalue weighted by Crippen LogP contribution is -2.49. The Labute approximate surface area is 155 Å². The molecule has 1 aliphatic heterocycles. The van der Waals surface area contributed by atoms with E-state index in [1.807, 2.05) is 0 Å². The molecule has 138 valence electrons. The smallest absolute Gasteiger partial charge is 0.319 e. The molecule has 6 heteroatoms. The molecular weight excluding hydrogens is 326 g/mol. The second-order valence-corrected chi connectivity index (χ2v) is 6.54. The molecular formula is C20H27N5O. The van der Waals surface area contributed by atoms with Gasteiger partial charge in [-0.05, 0) is 24.1 Å². The van der Waals surface area contributed by atoms with Crippen molar-refractivity contribution in [3.05, 3.63) is 60.4 Å². The minimum Gasteiger partial charge on any atom is -0.337 e. The van der Waals surface area contributed by atoms with Crippen LogP contribution in [-0.4, -0.2) is 66.6 Å². The fourth-order valence-corrected chi connectivity index (χ4v) is 3.11. The monoisotopic (exact) mass is 353 g/mol. The Bertz CT molecular complexity index is 656. The third-order valence-corrected chi connectivity index (χ3v) is 4.68. The van der Waals surface area contributed by atoms with E-state index in [0.29, 0.717) is 6.54 Å². The van der Waals surface area contributed by atoms with E-state index in [0.717, 1.165) is 51.4 Å². The highest BCUT2D eigenvalue weighted by molar-refractivity contribution is 5.89. The second kappa shape index (κ2) is 9.89. The topological polar surface area (TPSA) is 60.5 Å². The zero-order chi connectivity index (χ0) is 18.0. The van der Waals surface area contributed by atoms with Crippen molar-refractivity contribution in [2.24, 2.45) is 0 Å². The Morgan fingerprint density at radius 2 is 1.58 bits per heavy atom. The van der Waals surface area contributed by atoms with Crippen molar-refractivity contribution >= 4 is 11.7 Å². The maximum absolute atomic E-state index is 11.9. The summed E-state index contributed by atoms with van der Waals surface area (Å²) in [6.07, 6.45) is 4.43. The van der Waals surface area contributed by atoms with E-state index in [1.165, 1.54) is 5.56 Å². The summed E-state index contributed by atoms with van der Waals surface area (Å²) in [5.41, 5.74) is 2.16. The average Bonchev–Trinajstić information content (AvgIpc) is 2.69. The molecule has 0 aliphatic carbocycles. The summed E-state index contributed by atoms with van der Waals surface area (Å²) in [7, 11) is 0. The average molecular weight is 353 g/mol. The first kappa shape index (κ1) is 18.4. The van der Waals surface area contributed by atoms with Crippen molar-refractivity contribution in [2.75, 3.05) is 51.1 Å². The molecule has 26 heavy (non-hydrogen) atoms. The quantitative estimate of drug-likeness (QED) is 0.800. The number of anilines is 1. The van der Waals surface area contributed by atoms with Gasteiger partial charge in [0.25, 0.3) is 0 Å². The summed E-state index contributed by atoms with van der Waals surface area (Å²) in [5, 5.41) is 5.71. The first-order valence-electron chi connectivity index (χ1n) is 9.23. The molecule has 0 saturated carbocycles. The van der Waals surface area contributed by atoms with E-state index in [9.17, 15) is 4.79 Å². The zero-order valence-corrected chi connectivity index (χ0v) is 15.1. The van der Waals surface area contributed by atoms with Crippen LogP contribution >= 0.6 is 0 Å². The lowest BCUT2D eigenvalue weighted by Gasteiger charge is -2.34. The first-order chi connectivity index (χ1) is 12.8. The van der Waals surface area contributed by atoms with Gasteiger partial charge in [0.2, 0.25) is 0 Å². The number of urea groups is 1. The second-order valence-electron chi connectivity index (χ2n) is 6.54. The molecule has 6 nitrogen and oxygen atoms in total. The van der Waals surface area contributed by atoms with Crippen molar-refractivity contribution in [3.63, 3.8) is 0 Å². The molecule has 2 amide bonds. The lowest BCUT2D eigenvalue weighted by molar-refractivity contribution is 0.134. The molecule has 0 bridgehead atoms. The van der Waals surface area contributed by atoms with Crippen LogP contribution in [0.5, 0.6) is 0 Å². The van der Waals surface area contributed by atoms with Gasteiger partial charge in [-0.15, -0.1) is 0 Å². The van der Waals surface area contributed by atoms with Crippen LogP contribution < -0.4 is 10.6 Å². The third-order valence-electron chi connectivity index (χ3n) is 4.68. The number of amides is 2. The van der Waals surface area contributed by atoms with Crippen LogP contribution in [0.1, 0.15) is 5.56 Å². The predicted octanol–water partition coefficient (Wildman–Crippen LogP) is 2.06. The van der Waals surface area contributed by atoms with Crippen molar-refractivity contribution in [3.8, 4) is 0 Å². The molecule has 0 spiro atoms. The van der Waals surface area contributed by atoms with Gasteiger partial charge in [0.1, 0.15) is 0 Å². The molecule has 3 rings (SSSR count). The Hall–Kier alpha value is -2.44. The normalized spacial score (nSPS) is 15.5. The minimum atomic E-state index is -0.169. The van der Waals surface area contributed by atoms with Gasteiger partial charge in [-0.2, -0.15) is 0 Å². The Balaban J connectivity index is 1.27. The number of aromatic nitrogens is 1. The van der Waals surface area contributed by atoms with E-state index >= 15 is 0 Å². The van der Waals surface area contributed by atoms with E-state index in [4.69, 9.17) is 0 Å². The molecule has 1 aliphatic rings. The van der Waals surface area contributed by atoms with Crippen molar-refractivity contribution in [1.82, 2.24) is 20.1 Å². The largest absolute Gasteiger partial charge is 0.337 e. The van der Waals surface area contributed by atoms with Gasteiger partial charge in [0.15, 0.2) is 0 Å². The van der Waals surface area contributed by atoms with Gasteiger partial charge in [-0.3, -0.25) is 9.88 Å². The molecule has 0 unspecified atom stereocenters.